The Morgan fingerprint density at radius 2 is 1.72 bits per heavy atom. The number of hydrogen-bond donors (Lipinski definition) is 2. The van der Waals surface area contributed by atoms with Crippen LogP contribution in [0.2, 0.25) is 0 Å². The molecule has 1 aromatic heterocycles. The van der Waals surface area contributed by atoms with E-state index in [0.717, 1.165) is 32.2 Å². The monoisotopic (exact) mass is 511 g/mol. The van der Waals surface area contributed by atoms with Crippen LogP contribution in [0.5, 0.6) is 5.75 Å². The Hall–Kier alpha value is -3.65. The number of Topliss-reactive ketones (excluding diaryl/α,β-unsaturated/α-hetero) is 1. The van der Waals surface area contributed by atoms with Crippen molar-refractivity contribution in [3.8, 4) is 5.75 Å². The van der Waals surface area contributed by atoms with Gasteiger partial charge in [0.2, 0.25) is 11.4 Å². The number of thiol groups is 1. The maximum atomic E-state index is 13.2. The number of fused-ring (bicyclic) bond motifs is 2. The van der Waals surface area contributed by atoms with Crippen molar-refractivity contribution in [2.24, 2.45) is 0 Å². The summed E-state index contributed by atoms with van der Waals surface area (Å²) >= 11 is 6.29. The number of carbonyl (C=O) groups excluding carboxylic acids is 1. The molecule has 36 heavy (non-hydrogen) atoms. The average molecular weight is 512 g/mol. The van der Waals surface area contributed by atoms with E-state index >= 15 is 0 Å². The van der Waals surface area contributed by atoms with Gasteiger partial charge in [-0.15, -0.1) is 12.6 Å². The van der Waals surface area contributed by atoms with E-state index in [2.05, 4.69) is 17.0 Å². The quantitative estimate of drug-likeness (QED) is 0.210. The van der Waals surface area contributed by atoms with Crippen LogP contribution < -0.4 is 14.2 Å². The fourth-order valence-electron chi connectivity index (χ4n) is 4.54. The second-order valence-corrected chi connectivity index (χ2v) is 10.1. The van der Waals surface area contributed by atoms with Crippen molar-refractivity contribution in [2.45, 2.75) is 13.1 Å². The number of para-hydroxylation sites is 3. The normalized spacial score (nSPS) is 17.2. The fraction of sp³-hybridized carbons (Fsp3) is 0.103. The Bertz CT molecular complexity index is 1580. The number of thiazole rings is 1. The van der Waals surface area contributed by atoms with Crippen LogP contribution in [0.4, 0.5) is 5.69 Å². The summed E-state index contributed by atoms with van der Waals surface area (Å²) in [5, 5.41) is 10.5. The van der Waals surface area contributed by atoms with Gasteiger partial charge < -0.3 is 14.7 Å². The molecule has 2 aliphatic rings. The molecule has 1 N–H and O–H groups in total. The summed E-state index contributed by atoms with van der Waals surface area (Å²) in [6.07, 6.45) is 3.66. The Morgan fingerprint density at radius 1 is 0.972 bits per heavy atom. The van der Waals surface area contributed by atoms with E-state index < -0.39 is 0 Å². The van der Waals surface area contributed by atoms with Crippen molar-refractivity contribution in [3.63, 3.8) is 0 Å². The molecule has 0 atom stereocenters. The molecule has 1 aliphatic carbocycles. The van der Waals surface area contributed by atoms with Crippen LogP contribution in [0, 0.1) is 0 Å². The zero-order chi connectivity index (χ0) is 24.6. The molecule has 0 spiro atoms. The van der Waals surface area contributed by atoms with Gasteiger partial charge >= 0.3 is 0 Å². The summed E-state index contributed by atoms with van der Waals surface area (Å²) in [7, 11) is 0. The lowest BCUT2D eigenvalue weighted by atomic mass is 9.89. The number of rotatable bonds is 6. The lowest BCUT2D eigenvalue weighted by Crippen LogP contribution is -2.37. The van der Waals surface area contributed by atoms with E-state index in [-0.39, 0.29) is 12.4 Å². The molecule has 6 rings (SSSR count). The minimum atomic E-state index is -0.0697. The van der Waals surface area contributed by atoms with Crippen molar-refractivity contribution >= 4 is 51.7 Å². The summed E-state index contributed by atoms with van der Waals surface area (Å²) in [6, 6.07) is 26.1. The second-order valence-electron chi connectivity index (χ2n) is 8.56. The summed E-state index contributed by atoms with van der Waals surface area (Å²) in [6.45, 7) is 1.10. The molecule has 4 aromatic rings. The largest absolute Gasteiger partial charge is 0.439 e. The first-order valence-electron chi connectivity index (χ1n) is 11.7. The third-order valence-corrected chi connectivity index (χ3v) is 7.91. The maximum absolute atomic E-state index is 13.2. The molecule has 0 saturated carbocycles. The summed E-state index contributed by atoms with van der Waals surface area (Å²) < 4.78 is 9.30. The molecule has 2 heterocycles. The van der Waals surface area contributed by atoms with Gasteiger partial charge in [-0.3, -0.25) is 4.79 Å². The van der Waals surface area contributed by atoms with Crippen molar-refractivity contribution in [1.29, 1.82) is 0 Å². The number of aliphatic hydroxyl groups is 1. The highest BCUT2D eigenvalue weighted by atomic mass is 32.1. The topological polar surface area (TPSA) is 53.6 Å². The zero-order valence-corrected chi connectivity index (χ0v) is 21.0. The maximum Gasteiger partial charge on any atom is 0.263 e. The standard InChI is InChI=1S/C29H22N2O3S2/c32-15-14-30-23-11-5-7-13-25(23)36-27(30)17-21-28(33)20(29(21)35)16-26-31(18-19-8-2-1-3-9-19)22-10-4-6-12-24(22)34-26/h1-13,16-17,32H,14-15,18H2/p+1. The van der Waals surface area contributed by atoms with Gasteiger partial charge in [-0.25, -0.2) is 0 Å². The Balaban J connectivity index is 1.36. The van der Waals surface area contributed by atoms with Crippen LogP contribution in [0.1, 0.15) is 10.6 Å². The van der Waals surface area contributed by atoms with Crippen molar-refractivity contribution in [3.05, 3.63) is 117 Å². The Kier molecular flexibility index (Phi) is 5.97. The Morgan fingerprint density at radius 3 is 2.53 bits per heavy atom. The predicted molar refractivity (Wildman–Crippen MR) is 146 cm³/mol. The molecule has 0 amide bonds. The van der Waals surface area contributed by atoms with Gasteiger partial charge in [0.1, 0.15) is 11.3 Å². The molecule has 0 radical (unpaired) electrons. The molecule has 0 fully saturated rings. The molecular formula is C29H23N2O3S2+. The third-order valence-electron chi connectivity index (χ3n) is 6.32. The van der Waals surface area contributed by atoms with Gasteiger partial charge in [0.05, 0.1) is 12.2 Å². The van der Waals surface area contributed by atoms with E-state index in [1.54, 1.807) is 17.4 Å². The van der Waals surface area contributed by atoms with Gasteiger partial charge in [0, 0.05) is 34.3 Å². The van der Waals surface area contributed by atoms with Gasteiger partial charge in [-0.05, 0) is 23.8 Å². The average Bonchev–Trinajstić information content (AvgIpc) is 3.44. The molecular weight excluding hydrogens is 488 g/mol. The highest BCUT2D eigenvalue weighted by Crippen LogP contribution is 2.42. The first-order chi connectivity index (χ1) is 17.6. The van der Waals surface area contributed by atoms with E-state index in [1.165, 1.54) is 0 Å². The molecule has 178 valence electrons. The van der Waals surface area contributed by atoms with Crippen LogP contribution in [0.15, 0.2) is 107 Å². The first-order valence-corrected chi connectivity index (χ1v) is 12.9. The lowest BCUT2D eigenvalue weighted by molar-refractivity contribution is -0.670. The number of benzene rings is 3. The molecule has 5 nitrogen and oxygen atoms in total. The van der Waals surface area contributed by atoms with E-state index in [9.17, 15) is 9.90 Å². The van der Waals surface area contributed by atoms with Crippen LogP contribution in [-0.4, -0.2) is 17.5 Å². The smallest absolute Gasteiger partial charge is 0.263 e. The molecule has 0 unspecified atom stereocenters. The lowest BCUT2D eigenvalue weighted by Gasteiger charge is -2.22. The second kappa shape index (κ2) is 9.43. The highest BCUT2D eigenvalue weighted by Gasteiger charge is 2.35. The summed E-state index contributed by atoms with van der Waals surface area (Å²) in [5.41, 5.74) is 4.24. The fourth-order valence-corrected chi connectivity index (χ4v) is 6.00. The van der Waals surface area contributed by atoms with Gasteiger partial charge in [-0.1, -0.05) is 65.9 Å². The van der Waals surface area contributed by atoms with Gasteiger partial charge in [-0.2, -0.15) is 4.57 Å². The number of aromatic nitrogens is 1. The summed E-state index contributed by atoms with van der Waals surface area (Å²) in [4.78, 5) is 16.0. The van der Waals surface area contributed by atoms with Gasteiger partial charge in [0.25, 0.3) is 5.01 Å². The highest BCUT2D eigenvalue weighted by molar-refractivity contribution is 7.85. The minimum Gasteiger partial charge on any atom is -0.439 e. The number of ketones is 1. The minimum absolute atomic E-state index is 0.0194. The number of nitrogens with zero attached hydrogens (tertiary/aromatic N) is 2. The summed E-state index contributed by atoms with van der Waals surface area (Å²) in [5.74, 6) is 1.30. The van der Waals surface area contributed by atoms with Crippen LogP contribution in [-0.2, 0) is 17.9 Å². The third kappa shape index (κ3) is 3.95. The number of anilines is 1. The van der Waals surface area contributed by atoms with Gasteiger partial charge in [0.15, 0.2) is 18.1 Å². The predicted octanol–water partition coefficient (Wildman–Crippen LogP) is 5.27. The number of ether oxygens (including phenoxy) is 1. The molecule has 0 saturated heterocycles. The van der Waals surface area contributed by atoms with Crippen molar-refractivity contribution in [1.82, 2.24) is 0 Å². The van der Waals surface area contributed by atoms with Crippen molar-refractivity contribution < 1.29 is 19.2 Å². The van der Waals surface area contributed by atoms with E-state index in [1.807, 2.05) is 77.4 Å². The number of allylic oxidation sites excluding steroid dienone is 3. The zero-order valence-electron chi connectivity index (χ0n) is 19.3. The molecule has 0 bridgehead atoms. The first kappa shape index (κ1) is 22.8. The van der Waals surface area contributed by atoms with Crippen LogP contribution >= 0.6 is 24.0 Å². The molecule has 3 aromatic carbocycles. The van der Waals surface area contributed by atoms with E-state index in [0.29, 0.717) is 35.0 Å². The van der Waals surface area contributed by atoms with Crippen molar-refractivity contribution in [2.75, 3.05) is 11.5 Å². The number of aliphatic hydroxyl groups excluding tert-OH is 1. The SMILES string of the molecule is O=C1C(=Cc2sc3ccccc3[n+]2CCO)C(S)=C1C=C1Oc2ccccc2N1Cc1ccccc1. The molecule has 7 heteroatoms. The van der Waals surface area contributed by atoms with Crippen LogP contribution in [0.3, 0.4) is 0 Å². The van der Waals surface area contributed by atoms with E-state index in [4.69, 9.17) is 17.4 Å². The Labute approximate surface area is 218 Å². The number of carbonyl (C=O) groups is 1. The molecule has 1 aliphatic heterocycles. The van der Waals surface area contributed by atoms with Crippen LogP contribution in [0.25, 0.3) is 16.3 Å². The number of hydrogen-bond acceptors (Lipinski definition) is 6.